The average Bonchev–Trinajstić information content (AvgIpc) is 2.39. The van der Waals surface area contributed by atoms with Gasteiger partial charge in [0.1, 0.15) is 6.04 Å². The summed E-state index contributed by atoms with van der Waals surface area (Å²) in [7, 11) is 0. The van der Waals surface area contributed by atoms with Crippen molar-refractivity contribution in [2.75, 3.05) is 13.1 Å². The second-order valence-electron chi connectivity index (χ2n) is 4.90. The number of nitrogens with zero attached hydrogens (tertiary/aromatic N) is 1. The highest BCUT2D eigenvalue weighted by molar-refractivity contribution is 7.80. The van der Waals surface area contributed by atoms with Crippen molar-refractivity contribution in [2.24, 2.45) is 0 Å². The third kappa shape index (κ3) is 5.30. The van der Waals surface area contributed by atoms with E-state index in [-0.39, 0.29) is 29.5 Å². The van der Waals surface area contributed by atoms with Gasteiger partial charge in [-0.2, -0.15) is 0 Å². The minimum absolute atomic E-state index is 0.101. The van der Waals surface area contributed by atoms with Crippen molar-refractivity contribution in [3.05, 3.63) is 0 Å². The second-order valence-corrected chi connectivity index (χ2v) is 5.29. The number of carbonyl (C=O) groups is 3. The van der Waals surface area contributed by atoms with Gasteiger partial charge >= 0.3 is 5.97 Å². The summed E-state index contributed by atoms with van der Waals surface area (Å²) in [5, 5.41) is 5.31. The first-order valence-corrected chi connectivity index (χ1v) is 7.31. The van der Waals surface area contributed by atoms with Gasteiger partial charge in [0, 0.05) is 20.0 Å². The molecule has 21 heavy (non-hydrogen) atoms. The molecule has 0 spiro atoms. The highest BCUT2D eigenvalue weighted by Gasteiger charge is 2.34. The summed E-state index contributed by atoms with van der Waals surface area (Å²) >= 11 is 5.11. The van der Waals surface area contributed by atoms with Gasteiger partial charge in [-0.1, -0.05) is 6.92 Å². The summed E-state index contributed by atoms with van der Waals surface area (Å²) in [6, 6.07) is -0.755. The predicted octanol–water partition coefficient (Wildman–Crippen LogP) is -0.0604. The molecule has 1 aliphatic rings. The minimum Gasteiger partial charge on any atom is -0.463 e. The Morgan fingerprint density at radius 2 is 2.24 bits per heavy atom. The molecule has 0 aromatic carbocycles. The molecule has 2 unspecified atom stereocenters. The number of nitrogens with one attached hydrogen (secondary N) is 2. The first-order valence-electron chi connectivity index (χ1n) is 6.90. The van der Waals surface area contributed by atoms with Crippen LogP contribution in [0.25, 0.3) is 0 Å². The van der Waals surface area contributed by atoms with E-state index in [2.05, 4.69) is 10.6 Å². The molecule has 0 radical (unpaired) electrons. The maximum Gasteiger partial charge on any atom is 0.308 e. The van der Waals surface area contributed by atoms with Crippen LogP contribution >= 0.6 is 12.2 Å². The normalized spacial score (nSPS) is 19.5. The van der Waals surface area contributed by atoms with Crippen LogP contribution in [0.15, 0.2) is 0 Å². The Balaban J connectivity index is 2.72. The Hall–Kier alpha value is -1.70. The summed E-state index contributed by atoms with van der Waals surface area (Å²) in [5.41, 5.74) is 0. The second kappa shape index (κ2) is 7.92. The van der Waals surface area contributed by atoms with Crippen molar-refractivity contribution >= 4 is 35.1 Å². The van der Waals surface area contributed by atoms with Gasteiger partial charge in [-0.05, 0) is 25.6 Å². The van der Waals surface area contributed by atoms with Gasteiger partial charge in [-0.15, -0.1) is 0 Å². The van der Waals surface area contributed by atoms with Crippen LogP contribution in [0.2, 0.25) is 0 Å². The van der Waals surface area contributed by atoms with E-state index in [1.807, 2.05) is 6.92 Å². The van der Waals surface area contributed by atoms with Crippen LogP contribution in [-0.4, -0.2) is 53.0 Å². The first-order chi connectivity index (χ1) is 9.85. The van der Waals surface area contributed by atoms with E-state index < -0.39 is 12.0 Å². The lowest BCUT2D eigenvalue weighted by atomic mass is 10.1. The molecular weight excluding hydrogens is 294 g/mol. The molecule has 1 fully saturated rings. The maximum atomic E-state index is 12.0. The van der Waals surface area contributed by atoms with Gasteiger partial charge < -0.3 is 20.3 Å². The monoisotopic (exact) mass is 315 g/mol. The Kier molecular flexibility index (Phi) is 6.54. The molecular formula is C13H21N3O4S. The number of hydrogen-bond donors (Lipinski definition) is 2. The number of ether oxygens (including phenoxy) is 1. The largest absolute Gasteiger partial charge is 0.463 e. The summed E-state index contributed by atoms with van der Waals surface area (Å²) in [6.45, 7) is 5.88. The maximum absolute atomic E-state index is 12.0. The van der Waals surface area contributed by atoms with E-state index in [1.165, 1.54) is 6.92 Å². The van der Waals surface area contributed by atoms with Crippen LogP contribution in [-0.2, 0) is 19.1 Å². The number of amides is 2. The fourth-order valence-electron chi connectivity index (χ4n) is 1.90. The molecule has 118 valence electrons. The van der Waals surface area contributed by atoms with Gasteiger partial charge in [-0.25, -0.2) is 0 Å². The molecule has 2 N–H and O–H groups in total. The van der Waals surface area contributed by atoms with E-state index in [4.69, 9.17) is 17.0 Å². The summed E-state index contributed by atoms with van der Waals surface area (Å²) in [4.78, 5) is 36.4. The van der Waals surface area contributed by atoms with E-state index in [1.54, 1.807) is 11.8 Å². The molecule has 1 heterocycles. The number of hydrogen-bond acceptors (Lipinski definition) is 5. The smallest absolute Gasteiger partial charge is 0.308 e. The van der Waals surface area contributed by atoms with Crippen LogP contribution in [0, 0.1) is 0 Å². The zero-order valence-corrected chi connectivity index (χ0v) is 13.3. The van der Waals surface area contributed by atoms with Gasteiger partial charge in [0.2, 0.25) is 11.8 Å². The molecule has 0 saturated carbocycles. The molecule has 2 amide bonds. The molecule has 7 nitrogen and oxygen atoms in total. The Labute approximate surface area is 129 Å². The Morgan fingerprint density at radius 3 is 2.81 bits per heavy atom. The molecule has 1 aliphatic heterocycles. The van der Waals surface area contributed by atoms with E-state index in [0.29, 0.717) is 19.5 Å². The number of carbonyl (C=O) groups excluding carboxylic acids is 3. The lowest BCUT2D eigenvalue weighted by Crippen LogP contribution is -2.60. The average molecular weight is 315 g/mol. The first kappa shape index (κ1) is 17.4. The molecule has 0 aromatic heterocycles. The highest BCUT2D eigenvalue weighted by Crippen LogP contribution is 2.11. The third-order valence-electron chi connectivity index (χ3n) is 3.14. The topological polar surface area (TPSA) is 87.7 Å². The van der Waals surface area contributed by atoms with Crippen molar-refractivity contribution < 1.29 is 19.1 Å². The summed E-state index contributed by atoms with van der Waals surface area (Å²) in [5.74, 6) is -1.07. The van der Waals surface area contributed by atoms with Crippen molar-refractivity contribution in [1.29, 1.82) is 0 Å². The molecule has 1 saturated heterocycles. The molecule has 2 atom stereocenters. The van der Waals surface area contributed by atoms with Crippen molar-refractivity contribution in [2.45, 2.75) is 45.8 Å². The van der Waals surface area contributed by atoms with Crippen LogP contribution in [0.5, 0.6) is 0 Å². The fourth-order valence-corrected chi connectivity index (χ4v) is 2.26. The SMILES string of the molecule is CCC(C)OC(=O)CC1C(=O)NCCN1C(=S)NC(C)=O. The number of rotatable bonds is 4. The molecule has 0 aliphatic carbocycles. The fraction of sp³-hybridized carbons (Fsp3) is 0.692. The Morgan fingerprint density at radius 1 is 1.57 bits per heavy atom. The van der Waals surface area contributed by atoms with Crippen LogP contribution in [0.1, 0.15) is 33.6 Å². The van der Waals surface area contributed by atoms with E-state index in [0.717, 1.165) is 0 Å². The zero-order valence-electron chi connectivity index (χ0n) is 12.5. The quantitative estimate of drug-likeness (QED) is 0.558. The molecule has 8 heteroatoms. The van der Waals surface area contributed by atoms with Crippen LogP contribution in [0.3, 0.4) is 0 Å². The highest BCUT2D eigenvalue weighted by atomic mass is 32.1. The lowest BCUT2D eigenvalue weighted by Gasteiger charge is -2.36. The van der Waals surface area contributed by atoms with Crippen molar-refractivity contribution in [3.8, 4) is 0 Å². The van der Waals surface area contributed by atoms with Crippen LogP contribution in [0.4, 0.5) is 0 Å². The van der Waals surface area contributed by atoms with Crippen molar-refractivity contribution in [1.82, 2.24) is 15.5 Å². The predicted molar refractivity (Wildman–Crippen MR) is 80.4 cm³/mol. The van der Waals surface area contributed by atoms with E-state index >= 15 is 0 Å². The van der Waals surface area contributed by atoms with Gasteiger partial charge in [0.25, 0.3) is 0 Å². The van der Waals surface area contributed by atoms with Crippen LogP contribution < -0.4 is 10.6 Å². The third-order valence-corrected chi connectivity index (χ3v) is 3.48. The van der Waals surface area contributed by atoms with Gasteiger partial charge in [0.15, 0.2) is 5.11 Å². The van der Waals surface area contributed by atoms with E-state index in [9.17, 15) is 14.4 Å². The standard InChI is InChI=1S/C13H21N3O4S/c1-4-8(2)20-11(18)7-10-12(19)14-5-6-16(10)13(21)15-9(3)17/h8,10H,4-7H2,1-3H3,(H,14,19)(H,15,17,21). The number of piperazine rings is 1. The molecule has 1 rings (SSSR count). The summed E-state index contributed by atoms with van der Waals surface area (Å²) < 4.78 is 5.18. The minimum atomic E-state index is -0.755. The zero-order chi connectivity index (χ0) is 16.0. The lowest BCUT2D eigenvalue weighted by molar-refractivity contribution is -0.151. The van der Waals surface area contributed by atoms with Gasteiger partial charge in [0.05, 0.1) is 12.5 Å². The Bertz CT molecular complexity index is 441. The summed E-state index contributed by atoms with van der Waals surface area (Å²) in [6.07, 6.45) is 0.409. The number of esters is 1. The molecule has 0 aromatic rings. The number of thiocarbonyl (C=S) groups is 1. The molecule has 0 bridgehead atoms. The van der Waals surface area contributed by atoms with Gasteiger partial charge in [-0.3, -0.25) is 14.4 Å². The van der Waals surface area contributed by atoms with Crippen molar-refractivity contribution in [3.63, 3.8) is 0 Å².